The van der Waals surface area contributed by atoms with Crippen LogP contribution in [0.4, 0.5) is 10.2 Å². The van der Waals surface area contributed by atoms with Crippen molar-refractivity contribution < 1.29 is 9.18 Å². The molecule has 7 rings (SSSR count). The summed E-state index contributed by atoms with van der Waals surface area (Å²) in [5.41, 5.74) is 3.84. The number of carbonyl (C=O) groups is 1. The van der Waals surface area contributed by atoms with Gasteiger partial charge in [0, 0.05) is 50.1 Å². The van der Waals surface area contributed by atoms with Gasteiger partial charge in [0.05, 0.1) is 0 Å². The topological polar surface area (TPSA) is 97.9 Å². The Morgan fingerprint density at radius 3 is 2.64 bits per heavy atom. The fraction of sp³-hybridized carbons (Fsp3) is 0.441. The number of pyridine rings is 2. The van der Waals surface area contributed by atoms with E-state index in [0.29, 0.717) is 48.0 Å². The van der Waals surface area contributed by atoms with Crippen molar-refractivity contribution in [2.45, 2.75) is 64.5 Å². The molecular weight excluding hydrogens is 557 g/mol. The monoisotopic (exact) mass is 595 g/mol. The zero-order valence-electron chi connectivity index (χ0n) is 25.3. The first kappa shape index (κ1) is 28.6. The summed E-state index contributed by atoms with van der Waals surface area (Å²) in [4.78, 5) is 34.6. The minimum absolute atomic E-state index is 0.134. The van der Waals surface area contributed by atoms with E-state index in [1.54, 1.807) is 33.7 Å². The lowest BCUT2D eigenvalue weighted by molar-refractivity contribution is 0.102. The normalized spacial score (nSPS) is 18.8. The number of aryl methyl sites for hydroxylation is 1. The molecule has 4 heterocycles. The third kappa shape index (κ3) is 6.22. The molecule has 0 radical (unpaired) electrons. The number of aromatic nitrogens is 5. The van der Waals surface area contributed by atoms with Gasteiger partial charge in [0.1, 0.15) is 23.5 Å². The van der Waals surface area contributed by atoms with E-state index in [2.05, 4.69) is 27.3 Å². The summed E-state index contributed by atoms with van der Waals surface area (Å²) in [6.45, 7) is 5.67. The highest BCUT2D eigenvalue weighted by Crippen LogP contribution is 2.42. The lowest BCUT2D eigenvalue weighted by Gasteiger charge is -2.31. The number of hydrogen-bond acceptors (Lipinski definition) is 6. The third-order valence-electron chi connectivity index (χ3n) is 9.01. The Kier molecular flexibility index (Phi) is 7.62. The van der Waals surface area contributed by atoms with Gasteiger partial charge in [-0.15, -0.1) is 10.2 Å². The number of likely N-dealkylation sites (tertiary alicyclic amines) is 1. The van der Waals surface area contributed by atoms with Gasteiger partial charge in [0.15, 0.2) is 5.82 Å². The second kappa shape index (κ2) is 11.7. The third-order valence-corrected chi connectivity index (χ3v) is 9.01. The summed E-state index contributed by atoms with van der Waals surface area (Å²) in [7, 11) is 1.81. The highest BCUT2D eigenvalue weighted by atomic mass is 19.1. The van der Waals surface area contributed by atoms with E-state index in [1.165, 1.54) is 18.6 Å². The molecule has 3 aromatic heterocycles. The number of benzene rings is 1. The van der Waals surface area contributed by atoms with Gasteiger partial charge >= 0.3 is 0 Å². The summed E-state index contributed by atoms with van der Waals surface area (Å²) in [5.74, 6) is 1.49. The fourth-order valence-electron chi connectivity index (χ4n) is 6.37. The zero-order valence-corrected chi connectivity index (χ0v) is 25.3. The molecule has 1 atom stereocenters. The minimum Gasteiger partial charge on any atom is -0.317 e. The number of nitrogens with one attached hydrogen (secondary N) is 1. The minimum atomic E-state index is -0.465. The average Bonchev–Trinajstić information content (AvgIpc) is 3.93. The predicted molar refractivity (Wildman–Crippen MR) is 167 cm³/mol. The van der Waals surface area contributed by atoms with E-state index < -0.39 is 5.91 Å². The number of hydrogen-bond donors (Lipinski definition) is 1. The maximum atomic E-state index is 14.4. The van der Waals surface area contributed by atoms with Crippen molar-refractivity contribution in [3.05, 3.63) is 81.9 Å². The SMILES string of the molecule is C[C@H]1CCCN(Cc2cc(C(=O)Nc3cc(-c4ccc(F)cc4-c4nncn4C)cc(C4CC4)n3)c(=O)n(CC3CC3)c2)C1. The summed E-state index contributed by atoms with van der Waals surface area (Å²) >= 11 is 0. The van der Waals surface area contributed by atoms with Crippen LogP contribution in [0.2, 0.25) is 0 Å². The lowest BCUT2D eigenvalue weighted by Crippen LogP contribution is -2.35. The lowest BCUT2D eigenvalue weighted by atomic mass is 9.98. The van der Waals surface area contributed by atoms with Gasteiger partial charge in [-0.2, -0.15) is 0 Å². The van der Waals surface area contributed by atoms with Gasteiger partial charge in [0.25, 0.3) is 11.5 Å². The van der Waals surface area contributed by atoms with Crippen molar-refractivity contribution in [1.29, 1.82) is 0 Å². The Morgan fingerprint density at radius 2 is 1.91 bits per heavy atom. The molecule has 3 fully saturated rings. The molecule has 1 aliphatic heterocycles. The van der Waals surface area contributed by atoms with E-state index in [4.69, 9.17) is 4.98 Å². The van der Waals surface area contributed by atoms with Crippen molar-refractivity contribution in [3.63, 3.8) is 0 Å². The Labute approximate surface area is 256 Å². The van der Waals surface area contributed by atoms with Gasteiger partial charge < -0.3 is 14.5 Å². The van der Waals surface area contributed by atoms with Crippen LogP contribution in [-0.2, 0) is 20.1 Å². The molecule has 1 saturated heterocycles. The molecule has 1 N–H and O–H groups in total. The second-order valence-electron chi connectivity index (χ2n) is 13.0. The molecule has 2 aliphatic carbocycles. The molecule has 0 bridgehead atoms. The van der Waals surface area contributed by atoms with Crippen molar-refractivity contribution in [1.82, 2.24) is 29.2 Å². The van der Waals surface area contributed by atoms with E-state index in [9.17, 15) is 14.0 Å². The van der Waals surface area contributed by atoms with Crippen molar-refractivity contribution in [3.8, 4) is 22.5 Å². The quantitative estimate of drug-likeness (QED) is 0.270. The highest BCUT2D eigenvalue weighted by molar-refractivity contribution is 6.04. The summed E-state index contributed by atoms with van der Waals surface area (Å²) < 4.78 is 17.9. The number of anilines is 1. The van der Waals surface area contributed by atoms with Gasteiger partial charge in [-0.05, 0) is 104 Å². The molecule has 10 heteroatoms. The van der Waals surface area contributed by atoms with Crippen LogP contribution in [0.25, 0.3) is 22.5 Å². The van der Waals surface area contributed by atoms with Gasteiger partial charge in [-0.25, -0.2) is 9.37 Å². The van der Waals surface area contributed by atoms with Crippen molar-refractivity contribution >= 4 is 11.7 Å². The van der Waals surface area contributed by atoms with E-state index in [-0.39, 0.29) is 16.9 Å². The molecule has 0 unspecified atom stereocenters. The van der Waals surface area contributed by atoms with Crippen LogP contribution < -0.4 is 10.9 Å². The Hall–Kier alpha value is -4.18. The molecule has 0 spiro atoms. The fourth-order valence-corrected chi connectivity index (χ4v) is 6.37. The standard InChI is InChI=1S/C34H38FN7O2/c1-21-4-3-11-41(16-21)17-23-12-29(34(44)42(19-23)18-22-5-6-22)33(43)38-31-14-25(13-30(37-31)24-7-8-24)27-10-9-26(35)15-28(27)32-39-36-20-40(32)2/h9-10,12-15,19-22,24H,3-8,11,16-18H2,1-2H3,(H,37,38,43)/t21-/m0/s1. The van der Waals surface area contributed by atoms with Crippen LogP contribution in [0, 0.1) is 17.7 Å². The molecule has 2 saturated carbocycles. The van der Waals surface area contributed by atoms with Gasteiger partial charge in [-0.3, -0.25) is 14.5 Å². The summed E-state index contributed by atoms with van der Waals surface area (Å²) in [6.07, 6.45) is 10.2. The van der Waals surface area contributed by atoms with Crippen LogP contribution in [0.5, 0.6) is 0 Å². The van der Waals surface area contributed by atoms with Crippen LogP contribution in [0.15, 0.2) is 53.7 Å². The maximum Gasteiger partial charge on any atom is 0.263 e. The van der Waals surface area contributed by atoms with Crippen molar-refractivity contribution in [2.24, 2.45) is 18.9 Å². The van der Waals surface area contributed by atoms with E-state index >= 15 is 0 Å². The first-order valence-electron chi connectivity index (χ1n) is 15.7. The van der Waals surface area contributed by atoms with E-state index in [1.807, 2.05) is 19.3 Å². The second-order valence-corrected chi connectivity index (χ2v) is 13.0. The molecule has 9 nitrogen and oxygen atoms in total. The average molecular weight is 596 g/mol. The Morgan fingerprint density at radius 1 is 1.07 bits per heavy atom. The number of rotatable bonds is 9. The number of nitrogens with zero attached hydrogens (tertiary/aromatic N) is 6. The molecule has 1 aromatic carbocycles. The van der Waals surface area contributed by atoms with Crippen LogP contribution in [0.1, 0.15) is 73.0 Å². The van der Waals surface area contributed by atoms with Crippen LogP contribution in [-0.4, -0.2) is 48.2 Å². The van der Waals surface area contributed by atoms with Gasteiger partial charge in [0.2, 0.25) is 0 Å². The van der Waals surface area contributed by atoms with Gasteiger partial charge in [-0.1, -0.05) is 13.0 Å². The predicted octanol–water partition coefficient (Wildman–Crippen LogP) is 5.62. The number of halogens is 1. The first-order chi connectivity index (χ1) is 21.3. The molecule has 1 amide bonds. The molecule has 3 aliphatic rings. The maximum absolute atomic E-state index is 14.4. The Balaban J connectivity index is 1.23. The molecule has 228 valence electrons. The largest absolute Gasteiger partial charge is 0.317 e. The zero-order chi connectivity index (χ0) is 30.4. The van der Waals surface area contributed by atoms with E-state index in [0.717, 1.165) is 67.6 Å². The van der Waals surface area contributed by atoms with Crippen molar-refractivity contribution in [2.75, 3.05) is 18.4 Å². The number of carbonyl (C=O) groups excluding carboxylic acids is 1. The number of piperidine rings is 1. The van der Waals surface area contributed by atoms with Crippen LogP contribution >= 0.6 is 0 Å². The summed E-state index contributed by atoms with van der Waals surface area (Å²) in [5, 5.41) is 11.1. The molecule has 4 aromatic rings. The van der Waals surface area contributed by atoms with Crippen LogP contribution in [0.3, 0.4) is 0 Å². The smallest absolute Gasteiger partial charge is 0.263 e. The first-order valence-corrected chi connectivity index (χ1v) is 15.7. The Bertz CT molecular complexity index is 1770. The molecular formula is C34H38FN7O2. The highest BCUT2D eigenvalue weighted by Gasteiger charge is 2.28. The number of amides is 1. The summed E-state index contributed by atoms with van der Waals surface area (Å²) in [6, 6.07) is 10.1. The molecule has 44 heavy (non-hydrogen) atoms.